The van der Waals surface area contributed by atoms with Gasteiger partial charge in [0.05, 0.1) is 12.5 Å². The number of hydrogen-bond acceptors (Lipinski definition) is 3. The van der Waals surface area contributed by atoms with Crippen molar-refractivity contribution in [2.24, 2.45) is 11.8 Å². The van der Waals surface area contributed by atoms with Crippen LogP contribution in [0.2, 0.25) is 0 Å². The molecule has 0 radical (unpaired) electrons. The number of aliphatic carboxylic acids is 1. The maximum Gasteiger partial charge on any atom is 0.306 e. The van der Waals surface area contributed by atoms with Crippen LogP contribution in [0.1, 0.15) is 40.0 Å². The van der Waals surface area contributed by atoms with Crippen LogP contribution in [0, 0.1) is 11.8 Å². The van der Waals surface area contributed by atoms with E-state index >= 15 is 0 Å². The van der Waals surface area contributed by atoms with Crippen molar-refractivity contribution in [2.75, 3.05) is 19.6 Å². The molecule has 5 heteroatoms. The Bertz CT molecular complexity index is 369. The Morgan fingerprint density at radius 2 is 1.75 bits per heavy atom. The lowest BCUT2D eigenvalue weighted by atomic mass is 9.87. The largest absolute Gasteiger partial charge is 0.481 e. The number of carbonyl (C=O) groups is 2. The van der Waals surface area contributed by atoms with E-state index in [-0.39, 0.29) is 17.7 Å². The maximum absolute atomic E-state index is 12.4. The first-order valence-electron chi connectivity index (χ1n) is 7.66. The molecule has 3 atom stereocenters. The zero-order valence-electron chi connectivity index (χ0n) is 12.7. The fourth-order valence-electron chi connectivity index (χ4n) is 3.44. The Labute approximate surface area is 120 Å². The highest BCUT2D eigenvalue weighted by Gasteiger charge is 2.37. The Balaban J connectivity index is 1.80. The minimum absolute atomic E-state index is 0.191. The van der Waals surface area contributed by atoms with Gasteiger partial charge in [0.15, 0.2) is 0 Å². The van der Waals surface area contributed by atoms with Gasteiger partial charge in [-0.05, 0) is 39.0 Å². The fourth-order valence-corrected chi connectivity index (χ4v) is 3.44. The Kier molecular flexibility index (Phi) is 4.68. The van der Waals surface area contributed by atoms with Crippen molar-refractivity contribution in [3.8, 4) is 0 Å². The quantitative estimate of drug-likeness (QED) is 0.847. The molecule has 20 heavy (non-hydrogen) atoms. The average Bonchev–Trinajstić information content (AvgIpc) is 2.32. The highest BCUT2D eigenvalue weighted by atomic mass is 16.4. The summed E-state index contributed by atoms with van der Waals surface area (Å²) in [6, 6.07) is 0.669. The summed E-state index contributed by atoms with van der Waals surface area (Å²) in [5.74, 6) is -0.656. The first kappa shape index (κ1) is 15.3. The van der Waals surface area contributed by atoms with E-state index in [0.29, 0.717) is 18.6 Å². The highest BCUT2D eigenvalue weighted by Crippen LogP contribution is 2.26. The molecule has 2 heterocycles. The van der Waals surface area contributed by atoms with Gasteiger partial charge in [-0.3, -0.25) is 14.5 Å². The molecule has 0 aromatic rings. The summed E-state index contributed by atoms with van der Waals surface area (Å²) in [5.41, 5.74) is 0. The number of rotatable bonds is 4. The van der Waals surface area contributed by atoms with Crippen LogP contribution in [0.5, 0.6) is 0 Å². The van der Waals surface area contributed by atoms with E-state index in [4.69, 9.17) is 5.11 Å². The number of likely N-dealkylation sites (tertiary alicyclic amines) is 2. The van der Waals surface area contributed by atoms with Gasteiger partial charge in [0.25, 0.3) is 0 Å². The van der Waals surface area contributed by atoms with E-state index in [1.165, 1.54) is 6.42 Å². The molecule has 114 valence electrons. The molecule has 2 aliphatic rings. The summed E-state index contributed by atoms with van der Waals surface area (Å²) in [5, 5.41) is 8.97. The highest BCUT2D eigenvalue weighted by molar-refractivity contribution is 5.79. The monoisotopic (exact) mass is 282 g/mol. The van der Waals surface area contributed by atoms with E-state index in [2.05, 4.69) is 18.7 Å². The van der Waals surface area contributed by atoms with Crippen LogP contribution in [0.3, 0.4) is 0 Å². The van der Waals surface area contributed by atoms with Gasteiger partial charge in [-0.2, -0.15) is 0 Å². The molecule has 0 aromatic carbocycles. The lowest BCUT2D eigenvalue weighted by Crippen LogP contribution is -2.57. The topological polar surface area (TPSA) is 60.9 Å². The van der Waals surface area contributed by atoms with Gasteiger partial charge >= 0.3 is 5.97 Å². The van der Waals surface area contributed by atoms with Crippen LogP contribution in [-0.2, 0) is 9.59 Å². The molecule has 3 unspecified atom stereocenters. The molecule has 0 aliphatic carbocycles. The van der Waals surface area contributed by atoms with Gasteiger partial charge in [-0.15, -0.1) is 0 Å². The number of carboxylic acids is 1. The lowest BCUT2D eigenvalue weighted by Gasteiger charge is -2.44. The van der Waals surface area contributed by atoms with Crippen molar-refractivity contribution < 1.29 is 14.7 Å². The smallest absolute Gasteiger partial charge is 0.306 e. The maximum atomic E-state index is 12.4. The molecule has 2 aliphatic heterocycles. The summed E-state index contributed by atoms with van der Waals surface area (Å²) in [6.45, 7) is 7.90. The molecular weight excluding hydrogens is 256 g/mol. The lowest BCUT2D eigenvalue weighted by molar-refractivity contribution is -0.146. The normalized spacial score (nSPS) is 29.9. The molecule has 2 saturated heterocycles. The first-order valence-corrected chi connectivity index (χ1v) is 7.66. The molecule has 1 N–H and O–H groups in total. The zero-order valence-corrected chi connectivity index (χ0v) is 12.7. The molecule has 5 nitrogen and oxygen atoms in total. The van der Waals surface area contributed by atoms with Gasteiger partial charge in [0.2, 0.25) is 5.91 Å². The molecule has 0 spiro atoms. The third kappa shape index (κ3) is 3.14. The predicted octanol–water partition coefficient (Wildman–Crippen LogP) is 1.43. The van der Waals surface area contributed by atoms with Crippen molar-refractivity contribution in [1.82, 2.24) is 9.80 Å². The summed E-state index contributed by atoms with van der Waals surface area (Å²) >= 11 is 0. The first-order chi connectivity index (χ1) is 9.40. The van der Waals surface area contributed by atoms with E-state index in [1.807, 2.05) is 4.90 Å². The molecule has 1 amide bonds. The third-order valence-corrected chi connectivity index (χ3v) is 4.92. The molecule has 0 aromatic heterocycles. The van der Waals surface area contributed by atoms with Crippen molar-refractivity contribution in [3.63, 3.8) is 0 Å². The molecule has 0 bridgehead atoms. The number of carboxylic acid groups (broad SMARTS) is 1. The second-order valence-corrected chi connectivity index (χ2v) is 6.51. The number of nitrogens with zero attached hydrogens (tertiary/aromatic N) is 2. The van der Waals surface area contributed by atoms with Crippen LogP contribution < -0.4 is 0 Å². The van der Waals surface area contributed by atoms with Crippen molar-refractivity contribution >= 4 is 11.9 Å². The second kappa shape index (κ2) is 6.12. The number of hydrogen-bond donors (Lipinski definition) is 1. The molecule has 0 saturated carbocycles. The zero-order chi connectivity index (χ0) is 14.9. The van der Waals surface area contributed by atoms with Gasteiger partial charge in [0, 0.05) is 25.2 Å². The van der Waals surface area contributed by atoms with Crippen LogP contribution >= 0.6 is 0 Å². The van der Waals surface area contributed by atoms with E-state index in [9.17, 15) is 9.59 Å². The van der Waals surface area contributed by atoms with Gasteiger partial charge in [-0.1, -0.05) is 6.92 Å². The molecule has 2 fully saturated rings. The third-order valence-electron chi connectivity index (χ3n) is 4.92. The summed E-state index contributed by atoms with van der Waals surface area (Å²) in [6.07, 6.45) is 3.39. The van der Waals surface area contributed by atoms with E-state index in [0.717, 1.165) is 25.9 Å². The van der Waals surface area contributed by atoms with Crippen molar-refractivity contribution in [3.05, 3.63) is 0 Å². The SMILES string of the molecule is CC(C(=O)O)C1CN(CC(=O)N2C(C)CCCC2C)C1. The molecule has 2 rings (SSSR count). The minimum atomic E-state index is -0.737. The predicted molar refractivity (Wildman–Crippen MR) is 76.4 cm³/mol. The average molecular weight is 282 g/mol. The van der Waals surface area contributed by atoms with Crippen LogP contribution in [-0.4, -0.2) is 58.5 Å². The molecular formula is C15H26N2O3. The Morgan fingerprint density at radius 1 is 1.20 bits per heavy atom. The van der Waals surface area contributed by atoms with Gasteiger partial charge in [-0.25, -0.2) is 0 Å². The fraction of sp³-hybridized carbons (Fsp3) is 0.867. The number of amides is 1. The van der Waals surface area contributed by atoms with Crippen LogP contribution in [0.25, 0.3) is 0 Å². The van der Waals surface area contributed by atoms with E-state index in [1.54, 1.807) is 6.92 Å². The Hall–Kier alpha value is -1.10. The Morgan fingerprint density at radius 3 is 2.25 bits per heavy atom. The van der Waals surface area contributed by atoms with Crippen LogP contribution in [0.4, 0.5) is 0 Å². The van der Waals surface area contributed by atoms with Crippen molar-refractivity contribution in [2.45, 2.75) is 52.1 Å². The summed E-state index contributed by atoms with van der Waals surface area (Å²) in [7, 11) is 0. The summed E-state index contributed by atoms with van der Waals surface area (Å²) < 4.78 is 0. The standard InChI is InChI=1S/C15H26N2O3/c1-10-5-4-6-11(2)17(10)14(18)9-16-7-13(8-16)12(3)15(19)20/h10-13H,4-9H2,1-3H3,(H,19,20). The van der Waals surface area contributed by atoms with Gasteiger partial charge in [0.1, 0.15) is 0 Å². The number of carbonyl (C=O) groups excluding carboxylic acids is 1. The summed E-state index contributed by atoms with van der Waals surface area (Å²) in [4.78, 5) is 27.4. The van der Waals surface area contributed by atoms with Crippen LogP contribution in [0.15, 0.2) is 0 Å². The van der Waals surface area contributed by atoms with E-state index < -0.39 is 5.97 Å². The minimum Gasteiger partial charge on any atom is -0.481 e. The van der Waals surface area contributed by atoms with Crippen molar-refractivity contribution in [1.29, 1.82) is 0 Å². The number of piperidine rings is 1. The second-order valence-electron chi connectivity index (χ2n) is 6.51. The van der Waals surface area contributed by atoms with Gasteiger partial charge < -0.3 is 10.0 Å².